The molecular weight excluding hydrogens is 438 g/mol. The molecule has 32 heavy (non-hydrogen) atoms. The number of nitrogens with zero attached hydrogens (tertiary/aromatic N) is 2. The van der Waals surface area contributed by atoms with Crippen molar-refractivity contribution in [1.29, 1.82) is 0 Å². The third-order valence-corrected chi connectivity index (χ3v) is 4.92. The van der Waals surface area contributed by atoms with Crippen LogP contribution in [-0.2, 0) is 5.60 Å². The Morgan fingerprint density at radius 2 is 1.56 bits per heavy atom. The lowest BCUT2D eigenvalue weighted by Gasteiger charge is -2.31. The van der Waals surface area contributed by atoms with E-state index in [0.717, 1.165) is 18.2 Å². The second-order valence-electron chi connectivity index (χ2n) is 7.03. The van der Waals surface area contributed by atoms with Crippen molar-refractivity contribution >= 4 is 10.9 Å². The molecule has 0 aliphatic heterocycles. The van der Waals surface area contributed by atoms with Crippen molar-refractivity contribution in [3.05, 3.63) is 89.9 Å². The van der Waals surface area contributed by atoms with E-state index < -0.39 is 47.1 Å². The van der Waals surface area contributed by atoms with Crippen molar-refractivity contribution in [2.24, 2.45) is 0 Å². The number of benzene rings is 3. The third kappa shape index (κ3) is 3.89. The monoisotopic (exact) mass is 452 g/mol. The highest BCUT2D eigenvalue weighted by Gasteiger charge is 2.56. The lowest BCUT2D eigenvalue weighted by Crippen LogP contribution is -2.47. The fourth-order valence-corrected chi connectivity index (χ4v) is 3.18. The molecule has 166 valence electrons. The standard InChI is InChI=1S/C22H14F6N2O2/c23-15-2-5-17(6-3-15)30-19-8-1-14(9-13(19)11-29-30)21(31,22(26,27)28)12-32-20-10-16(24)4-7-18(20)25/h1-11,31H,12H2. The summed E-state index contributed by atoms with van der Waals surface area (Å²) in [6.45, 7) is -1.41. The summed E-state index contributed by atoms with van der Waals surface area (Å²) in [5, 5.41) is 14.9. The van der Waals surface area contributed by atoms with Crippen LogP contribution in [-0.4, -0.2) is 27.7 Å². The molecule has 0 saturated heterocycles. The molecule has 4 rings (SSSR count). The molecule has 1 aromatic heterocycles. The Kier molecular flexibility index (Phi) is 5.33. The maximum Gasteiger partial charge on any atom is 0.424 e. The summed E-state index contributed by atoms with van der Waals surface area (Å²) in [6.07, 6.45) is -3.91. The Labute approximate surface area is 177 Å². The summed E-state index contributed by atoms with van der Waals surface area (Å²) in [7, 11) is 0. The van der Waals surface area contributed by atoms with E-state index in [2.05, 4.69) is 5.10 Å². The number of aliphatic hydroxyl groups is 1. The van der Waals surface area contributed by atoms with Crippen LogP contribution in [0.4, 0.5) is 26.3 Å². The zero-order valence-corrected chi connectivity index (χ0v) is 16.1. The van der Waals surface area contributed by atoms with E-state index in [-0.39, 0.29) is 5.39 Å². The second-order valence-corrected chi connectivity index (χ2v) is 7.03. The minimum absolute atomic E-state index is 0.256. The Bertz CT molecular complexity index is 1270. The van der Waals surface area contributed by atoms with Crippen molar-refractivity contribution in [2.75, 3.05) is 6.61 Å². The van der Waals surface area contributed by atoms with Gasteiger partial charge in [0.05, 0.1) is 17.4 Å². The van der Waals surface area contributed by atoms with E-state index in [1.54, 1.807) is 0 Å². The van der Waals surface area contributed by atoms with Gasteiger partial charge in [-0.15, -0.1) is 0 Å². The number of fused-ring (bicyclic) bond motifs is 1. The Hall–Kier alpha value is -3.53. The Morgan fingerprint density at radius 1 is 0.875 bits per heavy atom. The minimum Gasteiger partial charge on any atom is -0.487 e. The van der Waals surface area contributed by atoms with Gasteiger partial charge in [-0.3, -0.25) is 0 Å². The SMILES string of the molecule is OC(COc1cc(F)ccc1F)(c1ccc2c(cnn2-c2ccc(F)cc2)c1)C(F)(F)F. The summed E-state index contributed by atoms with van der Waals surface area (Å²) in [5.41, 5.74) is -3.21. The number of rotatable bonds is 5. The number of ether oxygens (including phenoxy) is 1. The predicted molar refractivity (Wildman–Crippen MR) is 103 cm³/mol. The molecule has 0 saturated carbocycles. The average Bonchev–Trinajstić information content (AvgIpc) is 3.17. The van der Waals surface area contributed by atoms with Gasteiger partial charge in [0.25, 0.3) is 0 Å². The molecule has 10 heteroatoms. The lowest BCUT2D eigenvalue weighted by molar-refractivity contribution is -0.275. The summed E-state index contributed by atoms with van der Waals surface area (Å²) in [4.78, 5) is 0. The maximum atomic E-state index is 13.8. The number of halogens is 6. The van der Waals surface area contributed by atoms with Gasteiger partial charge in [-0.1, -0.05) is 6.07 Å². The summed E-state index contributed by atoms with van der Waals surface area (Å²) >= 11 is 0. The van der Waals surface area contributed by atoms with Crippen LogP contribution in [0.2, 0.25) is 0 Å². The van der Waals surface area contributed by atoms with Gasteiger partial charge in [0.1, 0.15) is 18.2 Å². The van der Waals surface area contributed by atoms with Crippen LogP contribution >= 0.6 is 0 Å². The van der Waals surface area contributed by atoms with Crippen LogP contribution in [0.3, 0.4) is 0 Å². The normalized spacial score (nSPS) is 13.8. The van der Waals surface area contributed by atoms with Gasteiger partial charge in [-0.05, 0) is 54.1 Å². The van der Waals surface area contributed by atoms with Crippen LogP contribution in [0.25, 0.3) is 16.6 Å². The fourth-order valence-electron chi connectivity index (χ4n) is 3.18. The maximum absolute atomic E-state index is 13.8. The zero-order chi connectivity index (χ0) is 23.1. The first-order valence-electron chi connectivity index (χ1n) is 9.20. The molecular formula is C22H14F6N2O2. The van der Waals surface area contributed by atoms with Crippen LogP contribution in [0.15, 0.2) is 66.9 Å². The molecule has 0 radical (unpaired) electrons. The van der Waals surface area contributed by atoms with Crippen LogP contribution < -0.4 is 4.74 Å². The van der Waals surface area contributed by atoms with Gasteiger partial charge in [-0.25, -0.2) is 17.9 Å². The molecule has 0 aliphatic carbocycles. The fraction of sp³-hybridized carbons (Fsp3) is 0.136. The highest BCUT2D eigenvalue weighted by Crippen LogP contribution is 2.40. The zero-order valence-electron chi connectivity index (χ0n) is 16.1. The molecule has 4 nitrogen and oxygen atoms in total. The molecule has 1 atom stereocenters. The number of hydrogen-bond acceptors (Lipinski definition) is 3. The first-order chi connectivity index (χ1) is 15.1. The van der Waals surface area contributed by atoms with Gasteiger partial charge >= 0.3 is 6.18 Å². The third-order valence-electron chi connectivity index (χ3n) is 4.92. The van der Waals surface area contributed by atoms with E-state index in [1.165, 1.54) is 41.2 Å². The van der Waals surface area contributed by atoms with E-state index in [0.29, 0.717) is 23.3 Å². The summed E-state index contributed by atoms with van der Waals surface area (Å²) in [5.74, 6) is -3.21. The molecule has 0 fully saturated rings. The first-order valence-corrected chi connectivity index (χ1v) is 9.20. The van der Waals surface area contributed by atoms with Gasteiger partial charge in [0.2, 0.25) is 5.60 Å². The van der Waals surface area contributed by atoms with Gasteiger partial charge < -0.3 is 9.84 Å². The highest BCUT2D eigenvalue weighted by atomic mass is 19.4. The van der Waals surface area contributed by atoms with Crippen molar-refractivity contribution in [3.8, 4) is 11.4 Å². The quantitative estimate of drug-likeness (QED) is 0.420. The van der Waals surface area contributed by atoms with Crippen LogP contribution in [0.1, 0.15) is 5.56 Å². The number of hydrogen-bond donors (Lipinski definition) is 1. The second kappa shape index (κ2) is 7.86. The van der Waals surface area contributed by atoms with Crippen LogP contribution in [0.5, 0.6) is 5.75 Å². The topological polar surface area (TPSA) is 47.3 Å². The molecule has 0 amide bonds. The first kappa shape index (κ1) is 21.7. The smallest absolute Gasteiger partial charge is 0.424 e. The highest BCUT2D eigenvalue weighted by molar-refractivity contribution is 5.81. The van der Waals surface area contributed by atoms with E-state index in [9.17, 15) is 31.4 Å². The molecule has 3 aromatic carbocycles. The largest absolute Gasteiger partial charge is 0.487 e. The van der Waals surface area contributed by atoms with Crippen molar-refractivity contribution in [1.82, 2.24) is 9.78 Å². The average molecular weight is 452 g/mol. The van der Waals surface area contributed by atoms with E-state index in [4.69, 9.17) is 4.74 Å². The number of alkyl halides is 3. The molecule has 1 unspecified atom stereocenters. The van der Waals surface area contributed by atoms with Crippen molar-refractivity contribution < 1.29 is 36.2 Å². The molecule has 1 heterocycles. The summed E-state index contributed by atoms with van der Waals surface area (Å²) in [6, 6.07) is 10.8. The Balaban J connectivity index is 1.71. The number of aromatic nitrogens is 2. The molecule has 4 aromatic rings. The van der Waals surface area contributed by atoms with Gasteiger partial charge in [0, 0.05) is 11.5 Å². The van der Waals surface area contributed by atoms with Gasteiger partial charge in [0.15, 0.2) is 11.6 Å². The predicted octanol–water partition coefficient (Wildman–Crippen LogP) is 5.27. The molecule has 0 bridgehead atoms. The van der Waals surface area contributed by atoms with E-state index in [1.807, 2.05) is 0 Å². The van der Waals surface area contributed by atoms with Gasteiger partial charge in [-0.2, -0.15) is 18.3 Å². The van der Waals surface area contributed by atoms with E-state index >= 15 is 0 Å². The Morgan fingerprint density at radius 3 is 2.25 bits per heavy atom. The van der Waals surface area contributed by atoms with Crippen molar-refractivity contribution in [2.45, 2.75) is 11.8 Å². The lowest BCUT2D eigenvalue weighted by atomic mass is 9.93. The summed E-state index contributed by atoms with van der Waals surface area (Å²) < 4.78 is 87.9. The van der Waals surface area contributed by atoms with Crippen LogP contribution in [0, 0.1) is 17.5 Å². The molecule has 0 aliphatic rings. The minimum atomic E-state index is -5.20. The van der Waals surface area contributed by atoms with Crippen molar-refractivity contribution in [3.63, 3.8) is 0 Å². The molecule has 1 N–H and O–H groups in total. The molecule has 0 spiro atoms.